The monoisotopic (exact) mass is 393 g/mol. The standard InChI is InChI=1S/C22H27N5O2/c1-22(2,3)16-8-6-7-9-17(16)25-20-14-24-27-21(26-20)23-13-15-10-11-18(28-4)19(12-15)29-5/h6-12,14H,13H2,1-5H3,(H2,23,25,26,27). The molecule has 0 radical (unpaired) electrons. The molecule has 0 saturated carbocycles. The zero-order valence-electron chi connectivity index (χ0n) is 17.5. The van der Waals surface area contributed by atoms with Crippen molar-refractivity contribution in [3.8, 4) is 11.5 Å². The van der Waals surface area contributed by atoms with Crippen molar-refractivity contribution in [2.45, 2.75) is 32.7 Å². The van der Waals surface area contributed by atoms with Gasteiger partial charge in [-0.05, 0) is 34.7 Å². The number of hydrogen-bond donors (Lipinski definition) is 2. The molecule has 3 aromatic rings. The Morgan fingerprint density at radius 1 is 0.966 bits per heavy atom. The topological polar surface area (TPSA) is 81.2 Å². The molecule has 0 aliphatic rings. The molecule has 0 spiro atoms. The lowest BCUT2D eigenvalue weighted by Crippen LogP contribution is -2.14. The lowest BCUT2D eigenvalue weighted by atomic mass is 9.86. The molecule has 0 atom stereocenters. The summed E-state index contributed by atoms with van der Waals surface area (Å²) in [6.07, 6.45) is 1.61. The van der Waals surface area contributed by atoms with Gasteiger partial charge in [-0.1, -0.05) is 45.0 Å². The van der Waals surface area contributed by atoms with Gasteiger partial charge < -0.3 is 20.1 Å². The fraction of sp³-hybridized carbons (Fsp3) is 0.318. The Labute approximate surface area is 171 Å². The summed E-state index contributed by atoms with van der Waals surface area (Å²) in [7, 11) is 3.23. The van der Waals surface area contributed by atoms with Crippen LogP contribution in [0.5, 0.6) is 11.5 Å². The van der Waals surface area contributed by atoms with E-state index in [1.165, 1.54) is 5.56 Å². The van der Waals surface area contributed by atoms with E-state index in [0.717, 1.165) is 11.3 Å². The normalized spacial score (nSPS) is 11.1. The van der Waals surface area contributed by atoms with Crippen LogP contribution < -0.4 is 20.1 Å². The van der Waals surface area contributed by atoms with Crippen LogP contribution in [0.3, 0.4) is 0 Å². The van der Waals surface area contributed by atoms with Gasteiger partial charge in [0.25, 0.3) is 0 Å². The molecule has 1 heterocycles. The minimum absolute atomic E-state index is 0.0125. The summed E-state index contributed by atoms with van der Waals surface area (Å²) in [6.45, 7) is 7.08. The van der Waals surface area contributed by atoms with Gasteiger partial charge in [-0.25, -0.2) is 0 Å². The predicted molar refractivity (Wildman–Crippen MR) is 115 cm³/mol. The summed E-state index contributed by atoms with van der Waals surface area (Å²) in [5.41, 5.74) is 3.24. The molecule has 0 aliphatic heterocycles. The highest BCUT2D eigenvalue weighted by Gasteiger charge is 2.17. The lowest BCUT2D eigenvalue weighted by molar-refractivity contribution is 0.354. The second kappa shape index (κ2) is 8.77. The number of rotatable bonds is 7. The predicted octanol–water partition coefficient (Wildman–Crippen LogP) is 4.54. The minimum Gasteiger partial charge on any atom is -0.493 e. The van der Waals surface area contributed by atoms with Crippen LogP contribution >= 0.6 is 0 Å². The van der Waals surface area contributed by atoms with Gasteiger partial charge in [-0.15, -0.1) is 5.10 Å². The smallest absolute Gasteiger partial charge is 0.244 e. The van der Waals surface area contributed by atoms with Crippen LogP contribution in [-0.4, -0.2) is 29.4 Å². The number of benzene rings is 2. The van der Waals surface area contributed by atoms with Gasteiger partial charge >= 0.3 is 0 Å². The molecule has 0 unspecified atom stereocenters. The van der Waals surface area contributed by atoms with Crippen molar-refractivity contribution >= 4 is 17.5 Å². The summed E-state index contributed by atoms with van der Waals surface area (Å²) < 4.78 is 10.6. The van der Waals surface area contributed by atoms with Crippen LogP contribution in [0, 0.1) is 0 Å². The van der Waals surface area contributed by atoms with Crippen molar-refractivity contribution in [2.75, 3.05) is 24.9 Å². The Morgan fingerprint density at radius 3 is 2.45 bits per heavy atom. The van der Waals surface area contributed by atoms with Crippen molar-refractivity contribution in [1.29, 1.82) is 0 Å². The average Bonchev–Trinajstić information content (AvgIpc) is 2.72. The number of anilines is 3. The molecule has 29 heavy (non-hydrogen) atoms. The van der Waals surface area contributed by atoms with E-state index in [9.17, 15) is 0 Å². The third-order valence-electron chi connectivity index (χ3n) is 4.46. The Kier molecular flexibility index (Phi) is 6.16. The van der Waals surface area contributed by atoms with Crippen LogP contribution in [0.25, 0.3) is 0 Å². The highest BCUT2D eigenvalue weighted by atomic mass is 16.5. The molecular weight excluding hydrogens is 366 g/mol. The van der Waals surface area contributed by atoms with E-state index >= 15 is 0 Å². The average molecular weight is 393 g/mol. The molecular formula is C22H27N5O2. The number of nitrogens with one attached hydrogen (secondary N) is 2. The summed E-state index contributed by atoms with van der Waals surface area (Å²) >= 11 is 0. The maximum absolute atomic E-state index is 5.35. The van der Waals surface area contributed by atoms with Crippen LogP contribution in [0.2, 0.25) is 0 Å². The number of ether oxygens (including phenoxy) is 2. The minimum atomic E-state index is 0.0125. The highest BCUT2D eigenvalue weighted by Crippen LogP contribution is 2.31. The lowest BCUT2D eigenvalue weighted by Gasteiger charge is -2.23. The highest BCUT2D eigenvalue weighted by molar-refractivity contribution is 5.62. The van der Waals surface area contributed by atoms with Gasteiger partial charge in [0, 0.05) is 12.2 Å². The largest absolute Gasteiger partial charge is 0.493 e. The fourth-order valence-corrected chi connectivity index (χ4v) is 2.99. The zero-order chi connectivity index (χ0) is 20.9. The second-order valence-corrected chi connectivity index (χ2v) is 7.63. The van der Waals surface area contributed by atoms with Crippen molar-refractivity contribution < 1.29 is 9.47 Å². The van der Waals surface area contributed by atoms with E-state index in [1.807, 2.05) is 36.4 Å². The first-order chi connectivity index (χ1) is 13.9. The summed E-state index contributed by atoms with van der Waals surface area (Å²) in [4.78, 5) is 4.53. The molecule has 0 aliphatic carbocycles. The third-order valence-corrected chi connectivity index (χ3v) is 4.46. The number of hydrogen-bond acceptors (Lipinski definition) is 7. The second-order valence-electron chi connectivity index (χ2n) is 7.63. The molecule has 0 saturated heterocycles. The summed E-state index contributed by atoms with van der Waals surface area (Å²) in [5, 5.41) is 14.7. The van der Waals surface area contributed by atoms with Gasteiger partial charge in [-0.3, -0.25) is 0 Å². The van der Waals surface area contributed by atoms with E-state index in [2.05, 4.69) is 52.7 Å². The molecule has 152 valence electrons. The first-order valence-electron chi connectivity index (χ1n) is 9.41. The van der Waals surface area contributed by atoms with Gasteiger partial charge in [0.15, 0.2) is 17.3 Å². The summed E-state index contributed by atoms with van der Waals surface area (Å²) in [5.74, 6) is 2.45. The molecule has 2 aromatic carbocycles. The molecule has 7 heteroatoms. The maximum atomic E-state index is 5.35. The molecule has 1 aromatic heterocycles. The first kappa shape index (κ1) is 20.4. The summed E-state index contributed by atoms with van der Waals surface area (Å²) in [6, 6.07) is 14.0. The third kappa shape index (κ3) is 5.13. The SMILES string of the molecule is COc1ccc(CNc2nncc(Nc3ccccc3C(C)(C)C)n2)cc1OC. The van der Waals surface area contributed by atoms with E-state index in [0.29, 0.717) is 29.8 Å². The molecule has 0 amide bonds. The zero-order valence-corrected chi connectivity index (χ0v) is 17.5. The molecule has 2 N–H and O–H groups in total. The van der Waals surface area contributed by atoms with Gasteiger partial charge in [-0.2, -0.15) is 10.1 Å². The number of aromatic nitrogens is 3. The van der Waals surface area contributed by atoms with Gasteiger partial charge in [0.1, 0.15) is 0 Å². The van der Waals surface area contributed by atoms with Crippen LogP contribution in [0.1, 0.15) is 31.9 Å². The van der Waals surface area contributed by atoms with Crippen molar-refractivity contribution in [3.63, 3.8) is 0 Å². The quantitative estimate of drug-likeness (QED) is 0.610. The molecule has 0 fully saturated rings. The maximum Gasteiger partial charge on any atom is 0.244 e. The Morgan fingerprint density at radius 2 is 1.72 bits per heavy atom. The first-order valence-corrected chi connectivity index (χ1v) is 9.41. The van der Waals surface area contributed by atoms with Gasteiger partial charge in [0.05, 0.1) is 20.4 Å². The molecule has 3 rings (SSSR count). The number of para-hydroxylation sites is 1. The van der Waals surface area contributed by atoms with E-state index in [1.54, 1.807) is 20.4 Å². The Balaban J connectivity index is 1.73. The molecule has 0 bridgehead atoms. The van der Waals surface area contributed by atoms with Gasteiger partial charge in [0.2, 0.25) is 5.95 Å². The van der Waals surface area contributed by atoms with Crippen LogP contribution in [0.4, 0.5) is 17.5 Å². The van der Waals surface area contributed by atoms with Crippen LogP contribution in [0.15, 0.2) is 48.7 Å². The fourth-order valence-electron chi connectivity index (χ4n) is 2.99. The number of methoxy groups -OCH3 is 2. The Bertz CT molecular complexity index is 969. The van der Waals surface area contributed by atoms with Crippen molar-refractivity contribution in [2.24, 2.45) is 0 Å². The van der Waals surface area contributed by atoms with E-state index in [-0.39, 0.29) is 5.41 Å². The van der Waals surface area contributed by atoms with E-state index < -0.39 is 0 Å². The Hall–Kier alpha value is -3.35. The molecule has 7 nitrogen and oxygen atoms in total. The van der Waals surface area contributed by atoms with E-state index in [4.69, 9.17) is 9.47 Å². The number of nitrogens with zero attached hydrogens (tertiary/aromatic N) is 3. The van der Waals surface area contributed by atoms with Crippen molar-refractivity contribution in [3.05, 3.63) is 59.8 Å². The van der Waals surface area contributed by atoms with Crippen molar-refractivity contribution in [1.82, 2.24) is 15.2 Å². The van der Waals surface area contributed by atoms with Crippen LogP contribution in [-0.2, 0) is 12.0 Å².